The second-order valence-electron chi connectivity index (χ2n) is 6.12. The van der Waals surface area contributed by atoms with Gasteiger partial charge in [-0.1, -0.05) is 18.2 Å². The van der Waals surface area contributed by atoms with Crippen molar-refractivity contribution in [2.75, 3.05) is 6.54 Å². The highest BCUT2D eigenvalue weighted by atomic mass is 16.5. The molecule has 2 aromatic heterocycles. The van der Waals surface area contributed by atoms with Crippen LogP contribution < -0.4 is 10.1 Å². The maximum Gasteiger partial charge on any atom is 0.129 e. The molecule has 130 valence electrons. The smallest absolute Gasteiger partial charge is 0.129 e. The minimum atomic E-state index is 0.795. The van der Waals surface area contributed by atoms with Crippen LogP contribution in [0.15, 0.2) is 73.3 Å². The van der Waals surface area contributed by atoms with Crippen LogP contribution in [0.4, 0.5) is 0 Å². The minimum Gasteiger partial charge on any atom is -0.457 e. The Morgan fingerprint density at radius 2 is 1.85 bits per heavy atom. The third-order valence-electron chi connectivity index (χ3n) is 4.19. The average Bonchev–Trinajstić information content (AvgIpc) is 3.15. The number of ether oxygens (including phenoxy) is 1. The van der Waals surface area contributed by atoms with E-state index in [2.05, 4.69) is 38.5 Å². The van der Waals surface area contributed by atoms with Gasteiger partial charge in [-0.05, 0) is 54.4 Å². The van der Waals surface area contributed by atoms with Crippen molar-refractivity contribution >= 4 is 11.0 Å². The summed E-state index contributed by atoms with van der Waals surface area (Å²) in [5.74, 6) is 1.62. The van der Waals surface area contributed by atoms with Gasteiger partial charge in [0.2, 0.25) is 0 Å². The van der Waals surface area contributed by atoms with Gasteiger partial charge in [0, 0.05) is 25.0 Å². The van der Waals surface area contributed by atoms with Crippen LogP contribution in [0.2, 0.25) is 0 Å². The van der Waals surface area contributed by atoms with Crippen LogP contribution in [0.1, 0.15) is 11.1 Å². The molecule has 2 heterocycles. The Morgan fingerprint density at radius 1 is 0.962 bits per heavy atom. The van der Waals surface area contributed by atoms with Gasteiger partial charge in [-0.2, -0.15) is 0 Å². The lowest BCUT2D eigenvalue weighted by atomic mass is 10.2. The second-order valence-corrected chi connectivity index (χ2v) is 6.12. The van der Waals surface area contributed by atoms with Crippen molar-refractivity contribution in [3.05, 3.63) is 84.4 Å². The first kappa shape index (κ1) is 16.3. The van der Waals surface area contributed by atoms with Crippen LogP contribution in [0, 0.1) is 0 Å². The largest absolute Gasteiger partial charge is 0.457 e. The van der Waals surface area contributed by atoms with Crippen molar-refractivity contribution in [3.63, 3.8) is 0 Å². The molecule has 0 saturated heterocycles. The number of fused-ring (bicyclic) bond motifs is 1. The van der Waals surface area contributed by atoms with E-state index < -0.39 is 0 Å². The van der Waals surface area contributed by atoms with Crippen molar-refractivity contribution in [1.29, 1.82) is 0 Å². The monoisotopic (exact) mass is 344 g/mol. The summed E-state index contributed by atoms with van der Waals surface area (Å²) >= 11 is 0. The summed E-state index contributed by atoms with van der Waals surface area (Å²) in [4.78, 5) is 11.4. The third-order valence-corrected chi connectivity index (χ3v) is 4.19. The quantitative estimate of drug-likeness (QED) is 0.496. The maximum atomic E-state index is 5.92. The first-order valence-electron chi connectivity index (χ1n) is 8.66. The zero-order valence-corrected chi connectivity index (χ0v) is 14.4. The van der Waals surface area contributed by atoms with E-state index in [4.69, 9.17) is 4.74 Å². The summed E-state index contributed by atoms with van der Waals surface area (Å²) in [6, 6.07) is 18.1. The van der Waals surface area contributed by atoms with Crippen LogP contribution in [-0.4, -0.2) is 21.5 Å². The van der Waals surface area contributed by atoms with E-state index >= 15 is 0 Å². The van der Waals surface area contributed by atoms with Crippen molar-refractivity contribution < 1.29 is 4.74 Å². The van der Waals surface area contributed by atoms with E-state index in [0.717, 1.165) is 42.0 Å². The molecule has 0 aliphatic carbocycles. The van der Waals surface area contributed by atoms with E-state index in [1.54, 1.807) is 12.5 Å². The zero-order chi connectivity index (χ0) is 17.6. The Morgan fingerprint density at radius 3 is 2.69 bits per heavy atom. The van der Waals surface area contributed by atoms with E-state index in [9.17, 15) is 0 Å². The number of hydrogen-bond acceptors (Lipinski definition) is 4. The molecule has 4 aromatic rings. The van der Waals surface area contributed by atoms with Gasteiger partial charge in [0.25, 0.3) is 0 Å². The summed E-state index contributed by atoms with van der Waals surface area (Å²) in [6.07, 6.45) is 6.37. The molecular formula is C21H20N4O. The molecule has 5 nitrogen and oxygen atoms in total. The highest BCUT2D eigenvalue weighted by Crippen LogP contribution is 2.24. The number of nitrogens with zero attached hydrogens (tertiary/aromatic N) is 2. The first-order valence-corrected chi connectivity index (χ1v) is 8.66. The number of pyridine rings is 1. The fraction of sp³-hybridized carbons (Fsp3) is 0.143. The lowest BCUT2D eigenvalue weighted by molar-refractivity contribution is 0.483. The molecule has 0 fully saturated rings. The Kier molecular flexibility index (Phi) is 4.89. The molecule has 0 spiro atoms. The molecule has 0 aliphatic heterocycles. The Balaban J connectivity index is 1.29. The number of nitrogens with one attached hydrogen (secondary N) is 2. The summed E-state index contributed by atoms with van der Waals surface area (Å²) in [7, 11) is 0. The van der Waals surface area contributed by atoms with Gasteiger partial charge in [0.1, 0.15) is 11.5 Å². The number of rotatable bonds is 7. The van der Waals surface area contributed by atoms with Crippen molar-refractivity contribution in [1.82, 2.24) is 20.3 Å². The zero-order valence-electron chi connectivity index (χ0n) is 14.4. The van der Waals surface area contributed by atoms with Crippen molar-refractivity contribution in [2.24, 2.45) is 0 Å². The topological polar surface area (TPSA) is 62.8 Å². The van der Waals surface area contributed by atoms with Crippen LogP contribution in [0.3, 0.4) is 0 Å². The Hall–Kier alpha value is -3.18. The average molecular weight is 344 g/mol. The van der Waals surface area contributed by atoms with E-state index in [-0.39, 0.29) is 0 Å². The molecule has 5 heteroatoms. The predicted octanol–water partition coefficient (Wildman–Crippen LogP) is 4.08. The molecule has 0 unspecified atom stereocenters. The van der Waals surface area contributed by atoms with Crippen LogP contribution in [0.25, 0.3) is 11.0 Å². The van der Waals surface area contributed by atoms with Crippen molar-refractivity contribution in [3.8, 4) is 11.5 Å². The molecule has 0 saturated carbocycles. The normalized spacial score (nSPS) is 10.9. The molecule has 0 amide bonds. The van der Waals surface area contributed by atoms with Gasteiger partial charge in [-0.25, -0.2) is 4.98 Å². The highest BCUT2D eigenvalue weighted by molar-refractivity contribution is 5.76. The Labute approximate surface area is 152 Å². The van der Waals surface area contributed by atoms with E-state index in [1.165, 1.54) is 11.1 Å². The molecule has 0 bridgehead atoms. The predicted molar refractivity (Wildman–Crippen MR) is 102 cm³/mol. The summed E-state index contributed by atoms with van der Waals surface area (Å²) in [5, 5.41) is 3.46. The van der Waals surface area contributed by atoms with Gasteiger partial charge in [0.15, 0.2) is 0 Å². The van der Waals surface area contributed by atoms with Gasteiger partial charge in [-0.3, -0.25) is 4.98 Å². The van der Waals surface area contributed by atoms with Crippen LogP contribution >= 0.6 is 0 Å². The lowest BCUT2D eigenvalue weighted by Gasteiger charge is -2.08. The number of benzene rings is 2. The standard InChI is InChI=1S/C21H20N4O/c1-2-16(13-22-10-1)9-11-23-14-17-3-5-18(6-4-17)26-19-7-8-20-21(12-19)25-15-24-20/h1-8,10,12-13,15,23H,9,11,14H2,(H,24,25). The number of imidazole rings is 1. The SMILES string of the molecule is c1cncc(CCNCc2ccc(Oc3ccc4nc[nH]c4c3)cc2)c1. The van der Waals surface area contributed by atoms with E-state index in [0.29, 0.717) is 0 Å². The molecule has 0 radical (unpaired) electrons. The fourth-order valence-corrected chi connectivity index (χ4v) is 2.80. The van der Waals surface area contributed by atoms with Gasteiger partial charge in [0.05, 0.1) is 17.4 Å². The molecule has 0 atom stereocenters. The molecule has 0 aliphatic rings. The van der Waals surface area contributed by atoms with Gasteiger partial charge < -0.3 is 15.0 Å². The highest BCUT2D eigenvalue weighted by Gasteiger charge is 2.02. The minimum absolute atomic E-state index is 0.795. The number of aromatic amines is 1. The Bertz CT molecular complexity index is 964. The van der Waals surface area contributed by atoms with Gasteiger partial charge in [-0.15, -0.1) is 0 Å². The van der Waals surface area contributed by atoms with E-state index in [1.807, 2.05) is 42.6 Å². The third kappa shape index (κ3) is 4.07. The molecule has 2 N–H and O–H groups in total. The van der Waals surface area contributed by atoms with Crippen LogP contribution in [-0.2, 0) is 13.0 Å². The molecule has 26 heavy (non-hydrogen) atoms. The second kappa shape index (κ2) is 7.80. The summed E-state index contributed by atoms with van der Waals surface area (Å²) in [5.41, 5.74) is 4.38. The fourth-order valence-electron chi connectivity index (χ4n) is 2.80. The first-order chi connectivity index (χ1) is 12.9. The molecule has 4 rings (SSSR count). The number of hydrogen-bond donors (Lipinski definition) is 2. The number of H-pyrrole nitrogens is 1. The summed E-state index contributed by atoms with van der Waals surface area (Å²) in [6.45, 7) is 1.76. The maximum absolute atomic E-state index is 5.92. The summed E-state index contributed by atoms with van der Waals surface area (Å²) < 4.78 is 5.92. The molecule has 2 aromatic carbocycles. The van der Waals surface area contributed by atoms with Crippen molar-refractivity contribution in [2.45, 2.75) is 13.0 Å². The van der Waals surface area contributed by atoms with Gasteiger partial charge >= 0.3 is 0 Å². The lowest BCUT2D eigenvalue weighted by Crippen LogP contribution is -2.16. The van der Waals surface area contributed by atoms with Crippen LogP contribution in [0.5, 0.6) is 11.5 Å². The number of aromatic nitrogens is 3. The molecular weight excluding hydrogens is 324 g/mol.